The molecule has 1 aromatic heterocycles. The van der Waals surface area contributed by atoms with Crippen LogP contribution in [0.5, 0.6) is 17.2 Å². The second-order valence-corrected chi connectivity index (χ2v) is 5.03. The lowest BCUT2D eigenvalue weighted by Gasteiger charge is -2.14. The summed E-state index contributed by atoms with van der Waals surface area (Å²) in [5.74, 6) is 1.06. The second kappa shape index (κ2) is 7.59. The number of aromatic nitrogens is 3. The lowest BCUT2D eigenvalue weighted by Crippen LogP contribution is -2.20. The fourth-order valence-corrected chi connectivity index (χ4v) is 2.12. The lowest BCUT2D eigenvalue weighted by atomic mass is 10.2. The SMILES string of the molecule is COc1cc(/C=N\n2c(C)n[nH]c2=S)cc(OC)c1OCC(N)=O. The Bertz CT molecular complexity index is 802. The van der Waals surface area contributed by atoms with E-state index in [0.717, 1.165) is 0 Å². The molecule has 24 heavy (non-hydrogen) atoms. The second-order valence-electron chi connectivity index (χ2n) is 4.64. The molecule has 1 amide bonds. The van der Waals surface area contributed by atoms with Gasteiger partial charge in [-0.25, -0.2) is 0 Å². The number of carbonyl (C=O) groups excluding carboxylic acids is 1. The minimum atomic E-state index is -0.602. The number of rotatable bonds is 7. The zero-order chi connectivity index (χ0) is 17.7. The number of H-pyrrole nitrogens is 1. The van der Waals surface area contributed by atoms with Gasteiger partial charge in [0.05, 0.1) is 20.4 Å². The Kier molecular flexibility index (Phi) is 5.53. The van der Waals surface area contributed by atoms with E-state index in [1.807, 2.05) is 0 Å². The summed E-state index contributed by atoms with van der Waals surface area (Å²) in [5.41, 5.74) is 5.77. The average molecular weight is 351 g/mol. The van der Waals surface area contributed by atoms with Crippen molar-refractivity contribution in [1.82, 2.24) is 14.9 Å². The molecule has 0 aliphatic rings. The van der Waals surface area contributed by atoms with E-state index < -0.39 is 5.91 Å². The van der Waals surface area contributed by atoms with E-state index in [-0.39, 0.29) is 12.4 Å². The molecule has 2 aromatic rings. The number of amides is 1. The van der Waals surface area contributed by atoms with E-state index in [2.05, 4.69) is 15.3 Å². The standard InChI is InChI=1S/C14H17N5O4S/c1-8-17-18-14(24)19(8)16-6-9-4-10(21-2)13(11(5-9)22-3)23-7-12(15)20/h4-6H,7H2,1-3H3,(H2,15,20)(H,18,24)/b16-6-. The first-order valence-electron chi connectivity index (χ1n) is 6.81. The number of benzene rings is 1. The molecular weight excluding hydrogens is 334 g/mol. The number of aryl methyl sites for hydroxylation is 1. The van der Waals surface area contributed by atoms with Crippen LogP contribution in [0.1, 0.15) is 11.4 Å². The number of ether oxygens (including phenoxy) is 3. The molecule has 0 bridgehead atoms. The van der Waals surface area contributed by atoms with Crippen molar-refractivity contribution in [3.63, 3.8) is 0 Å². The number of nitrogens with zero attached hydrogens (tertiary/aromatic N) is 3. The van der Waals surface area contributed by atoms with Crippen LogP contribution in [0.3, 0.4) is 0 Å². The summed E-state index contributed by atoms with van der Waals surface area (Å²) in [6.07, 6.45) is 1.57. The highest BCUT2D eigenvalue weighted by Gasteiger charge is 2.14. The topological polar surface area (TPSA) is 117 Å². The van der Waals surface area contributed by atoms with Crippen LogP contribution in [0.15, 0.2) is 17.2 Å². The molecule has 1 aromatic carbocycles. The summed E-state index contributed by atoms with van der Waals surface area (Å²) in [6, 6.07) is 3.36. The number of primary amides is 1. The van der Waals surface area contributed by atoms with Gasteiger partial charge in [-0.2, -0.15) is 14.9 Å². The van der Waals surface area contributed by atoms with Gasteiger partial charge in [-0.05, 0) is 31.3 Å². The van der Waals surface area contributed by atoms with Gasteiger partial charge < -0.3 is 19.9 Å². The molecule has 0 saturated heterocycles. The van der Waals surface area contributed by atoms with Crippen LogP contribution in [0.25, 0.3) is 0 Å². The Balaban J connectivity index is 2.38. The van der Waals surface area contributed by atoms with Crippen molar-refractivity contribution in [2.45, 2.75) is 6.92 Å². The highest BCUT2D eigenvalue weighted by molar-refractivity contribution is 7.71. The van der Waals surface area contributed by atoms with E-state index in [1.54, 1.807) is 25.3 Å². The van der Waals surface area contributed by atoms with Gasteiger partial charge >= 0.3 is 0 Å². The van der Waals surface area contributed by atoms with Crippen LogP contribution in [0.2, 0.25) is 0 Å². The molecule has 3 N–H and O–H groups in total. The monoisotopic (exact) mass is 351 g/mol. The maximum Gasteiger partial charge on any atom is 0.255 e. The normalized spacial score (nSPS) is 10.8. The number of hydrogen-bond acceptors (Lipinski definition) is 7. The Morgan fingerprint density at radius 1 is 1.42 bits per heavy atom. The largest absolute Gasteiger partial charge is 0.493 e. The molecule has 128 valence electrons. The van der Waals surface area contributed by atoms with Gasteiger partial charge in [-0.15, -0.1) is 0 Å². The van der Waals surface area contributed by atoms with Crippen molar-refractivity contribution >= 4 is 24.3 Å². The van der Waals surface area contributed by atoms with E-state index in [4.69, 9.17) is 32.2 Å². The van der Waals surface area contributed by atoms with Crippen LogP contribution in [-0.2, 0) is 4.79 Å². The molecule has 1 heterocycles. The summed E-state index contributed by atoms with van der Waals surface area (Å²) >= 11 is 5.08. The third-order valence-corrected chi connectivity index (χ3v) is 3.24. The molecule has 0 aliphatic carbocycles. The van der Waals surface area contributed by atoms with E-state index in [0.29, 0.717) is 27.7 Å². The summed E-state index contributed by atoms with van der Waals surface area (Å²) in [6.45, 7) is 1.48. The van der Waals surface area contributed by atoms with Gasteiger partial charge in [0.2, 0.25) is 10.5 Å². The van der Waals surface area contributed by atoms with Crippen molar-refractivity contribution in [3.8, 4) is 17.2 Å². The molecule has 0 atom stereocenters. The van der Waals surface area contributed by atoms with Gasteiger partial charge in [-0.1, -0.05) is 0 Å². The minimum Gasteiger partial charge on any atom is -0.493 e. The van der Waals surface area contributed by atoms with Gasteiger partial charge in [-0.3, -0.25) is 9.89 Å². The third-order valence-electron chi connectivity index (χ3n) is 2.98. The predicted molar refractivity (Wildman–Crippen MR) is 89.4 cm³/mol. The fraction of sp³-hybridized carbons (Fsp3) is 0.286. The van der Waals surface area contributed by atoms with Gasteiger partial charge in [0.1, 0.15) is 5.82 Å². The molecule has 2 rings (SSSR count). The first-order valence-corrected chi connectivity index (χ1v) is 7.22. The summed E-state index contributed by atoms with van der Waals surface area (Å²) in [5, 5.41) is 10.9. The summed E-state index contributed by atoms with van der Waals surface area (Å²) in [4.78, 5) is 10.9. The summed E-state index contributed by atoms with van der Waals surface area (Å²) in [7, 11) is 2.95. The molecule has 0 spiro atoms. The van der Waals surface area contributed by atoms with Crippen LogP contribution in [0.4, 0.5) is 0 Å². The number of nitrogens with two attached hydrogens (primary N) is 1. The minimum absolute atomic E-state index is 0.284. The maximum absolute atomic E-state index is 10.9. The smallest absolute Gasteiger partial charge is 0.255 e. The Hall–Kier alpha value is -2.88. The first kappa shape index (κ1) is 17.5. The number of aromatic amines is 1. The molecule has 0 radical (unpaired) electrons. The van der Waals surface area contributed by atoms with Crippen LogP contribution < -0.4 is 19.9 Å². The highest BCUT2D eigenvalue weighted by Crippen LogP contribution is 2.38. The molecule has 10 heteroatoms. The lowest BCUT2D eigenvalue weighted by molar-refractivity contribution is -0.119. The average Bonchev–Trinajstić information content (AvgIpc) is 2.88. The Morgan fingerprint density at radius 2 is 2.04 bits per heavy atom. The first-order chi connectivity index (χ1) is 11.5. The predicted octanol–water partition coefficient (Wildman–Crippen LogP) is 1.01. The molecule has 0 unspecified atom stereocenters. The van der Waals surface area contributed by atoms with Crippen LogP contribution in [-0.4, -0.2) is 47.8 Å². The zero-order valence-electron chi connectivity index (χ0n) is 13.4. The van der Waals surface area contributed by atoms with Gasteiger partial charge in [0.15, 0.2) is 18.1 Å². The zero-order valence-corrected chi connectivity index (χ0v) is 14.2. The molecule has 0 fully saturated rings. The Labute approximate surface area is 143 Å². The van der Waals surface area contributed by atoms with Crippen molar-refractivity contribution in [2.24, 2.45) is 10.8 Å². The van der Waals surface area contributed by atoms with Crippen molar-refractivity contribution in [1.29, 1.82) is 0 Å². The Morgan fingerprint density at radius 3 is 2.50 bits per heavy atom. The number of carbonyl (C=O) groups is 1. The van der Waals surface area contributed by atoms with Crippen molar-refractivity contribution < 1.29 is 19.0 Å². The van der Waals surface area contributed by atoms with E-state index in [1.165, 1.54) is 18.9 Å². The summed E-state index contributed by atoms with van der Waals surface area (Å²) < 4.78 is 17.8. The maximum atomic E-state index is 10.9. The van der Waals surface area contributed by atoms with E-state index >= 15 is 0 Å². The molecule has 9 nitrogen and oxygen atoms in total. The van der Waals surface area contributed by atoms with E-state index in [9.17, 15) is 4.79 Å². The third kappa shape index (κ3) is 3.90. The molecular formula is C14H17N5O4S. The highest BCUT2D eigenvalue weighted by atomic mass is 32.1. The van der Waals surface area contributed by atoms with Gasteiger partial charge in [0.25, 0.3) is 5.91 Å². The fourth-order valence-electron chi connectivity index (χ4n) is 1.89. The van der Waals surface area contributed by atoms with Crippen molar-refractivity contribution in [2.75, 3.05) is 20.8 Å². The molecule has 0 saturated carbocycles. The van der Waals surface area contributed by atoms with Gasteiger partial charge in [0, 0.05) is 5.56 Å². The number of methoxy groups -OCH3 is 2. The van der Waals surface area contributed by atoms with Crippen LogP contribution in [0, 0.1) is 11.7 Å². The van der Waals surface area contributed by atoms with Crippen LogP contribution >= 0.6 is 12.2 Å². The number of nitrogens with one attached hydrogen (secondary N) is 1. The van der Waals surface area contributed by atoms with Crippen molar-refractivity contribution in [3.05, 3.63) is 28.3 Å². The number of hydrogen-bond donors (Lipinski definition) is 2. The quantitative estimate of drug-likeness (QED) is 0.568. The molecule has 0 aliphatic heterocycles.